The molecule has 5 heteroatoms. The molecule has 1 heterocycles. The molecule has 0 aliphatic carbocycles. The number of nitrogens with one attached hydrogen (secondary N) is 1. The molecule has 130 valence electrons. The second-order valence-corrected chi connectivity index (χ2v) is 6.00. The molecule has 1 aromatic heterocycles. The standard InChI is InChI=1S/C21H19N3O2/c1-14(24-21(26)18-10-8-17(9-11-18)20(22)25)15-4-6-16(7-5-15)19-3-2-12-23-13-19/h2-14H,1H3,(H2,22,25)(H,24,26)/t14-/m1/s1. The number of nitrogens with two attached hydrogens (primary N) is 1. The Morgan fingerprint density at radius 3 is 2.15 bits per heavy atom. The lowest BCUT2D eigenvalue weighted by molar-refractivity contribution is 0.0937. The summed E-state index contributed by atoms with van der Waals surface area (Å²) in [6.45, 7) is 1.93. The predicted molar refractivity (Wildman–Crippen MR) is 101 cm³/mol. The minimum Gasteiger partial charge on any atom is -0.366 e. The molecule has 0 saturated carbocycles. The molecule has 0 unspecified atom stereocenters. The van der Waals surface area contributed by atoms with E-state index < -0.39 is 5.91 Å². The molecule has 3 N–H and O–H groups in total. The van der Waals surface area contributed by atoms with Gasteiger partial charge in [-0.1, -0.05) is 30.3 Å². The van der Waals surface area contributed by atoms with Crippen molar-refractivity contribution in [2.24, 2.45) is 5.73 Å². The molecule has 0 aliphatic rings. The van der Waals surface area contributed by atoms with Crippen molar-refractivity contribution in [3.05, 3.63) is 89.7 Å². The van der Waals surface area contributed by atoms with Crippen LogP contribution < -0.4 is 11.1 Å². The zero-order chi connectivity index (χ0) is 18.5. The number of hydrogen-bond donors (Lipinski definition) is 2. The number of nitrogens with zero attached hydrogens (tertiary/aromatic N) is 1. The fraction of sp³-hybridized carbons (Fsp3) is 0.0952. The zero-order valence-electron chi connectivity index (χ0n) is 14.3. The molecule has 3 aromatic rings. The summed E-state index contributed by atoms with van der Waals surface area (Å²) < 4.78 is 0. The Labute approximate surface area is 151 Å². The van der Waals surface area contributed by atoms with Crippen molar-refractivity contribution in [1.29, 1.82) is 0 Å². The molecule has 1 atom stereocenters. The van der Waals surface area contributed by atoms with Gasteiger partial charge < -0.3 is 11.1 Å². The number of hydrogen-bond acceptors (Lipinski definition) is 3. The van der Waals surface area contributed by atoms with E-state index in [0.29, 0.717) is 11.1 Å². The van der Waals surface area contributed by atoms with E-state index in [4.69, 9.17) is 5.73 Å². The molecule has 0 radical (unpaired) electrons. The van der Waals surface area contributed by atoms with E-state index in [0.717, 1.165) is 16.7 Å². The third-order valence-electron chi connectivity index (χ3n) is 4.18. The van der Waals surface area contributed by atoms with Crippen LogP contribution in [0.2, 0.25) is 0 Å². The van der Waals surface area contributed by atoms with E-state index in [9.17, 15) is 9.59 Å². The van der Waals surface area contributed by atoms with Crippen LogP contribution in [0.15, 0.2) is 73.1 Å². The number of primary amides is 1. The van der Waals surface area contributed by atoms with Gasteiger partial charge in [0.05, 0.1) is 6.04 Å². The minimum absolute atomic E-state index is 0.152. The van der Waals surface area contributed by atoms with Crippen LogP contribution in [-0.2, 0) is 0 Å². The quantitative estimate of drug-likeness (QED) is 0.744. The normalized spacial score (nSPS) is 11.6. The molecule has 0 saturated heterocycles. The molecule has 0 bridgehead atoms. The third kappa shape index (κ3) is 3.95. The lowest BCUT2D eigenvalue weighted by Crippen LogP contribution is -2.26. The summed E-state index contributed by atoms with van der Waals surface area (Å²) in [7, 11) is 0. The average molecular weight is 345 g/mol. The fourth-order valence-electron chi connectivity index (χ4n) is 2.65. The summed E-state index contributed by atoms with van der Waals surface area (Å²) in [4.78, 5) is 27.6. The molecule has 0 spiro atoms. The Morgan fingerprint density at radius 1 is 0.923 bits per heavy atom. The van der Waals surface area contributed by atoms with Crippen molar-refractivity contribution in [1.82, 2.24) is 10.3 Å². The van der Waals surface area contributed by atoms with Gasteiger partial charge in [-0.25, -0.2) is 0 Å². The Balaban J connectivity index is 1.68. The van der Waals surface area contributed by atoms with Crippen molar-refractivity contribution >= 4 is 11.8 Å². The van der Waals surface area contributed by atoms with Gasteiger partial charge in [-0.3, -0.25) is 14.6 Å². The average Bonchev–Trinajstić information content (AvgIpc) is 2.68. The fourth-order valence-corrected chi connectivity index (χ4v) is 2.65. The number of amides is 2. The van der Waals surface area contributed by atoms with E-state index >= 15 is 0 Å². The topological polar surface area (TPSA) is 85.1 Å². The maximum Gasteiger partial charge on any atom is 0.251 e. The highest BCUT2D eigenvalue weighted by Gasteiger charge is 2.12. The molecule has 0 fully saturated rings. The maximum absolute atomic E-state index is 12.4. The van der Waals surface area contributed by atoms with Gasteiger partial charge in [0, 0.05) is 23.5 Å². The monoisotopic (exact) mass is 345 g/mol. The van der Waals surface area contributed by atoms with Gasteiger partial charge in [0.1, 0.15) is 0 Å². The second kappa shape index (κ2) is 7.61. The van der Waals surface area contributed by atoms with Crippen LogP contribution in [0.1, 0.15) is 39.2 Å². The maximum atomic E-state index is 12.4. The second-order valence-electron chi connectivity index (χ2n) is 6.00. The van der Waals surface area contributed by atoms with E-state index in [-0.39, 0.29) is 11.9 Å². The highest BCUT2D eigenvalue weighted by Crippen LogP contribution is 2.21. The molecule has 3 rings (SSSR count). The van der Waals surface area contributed by atoms with E-state index in [2.05, 4.69) is 10.3 Å². The summed E-state index contributed by atoms with van der Waals surface area (Å²) in [5, 5.41) is 2.95. The first-order valence-corrected chi connectivity index (χ1v) is 8.25. The van der Waals surface area contributed by atoms with Crippen molar-refractivity contribution in [3.63, 3.8) is 0 Å². The highest BCUT2D eigenvalue weighted by molar-refractivity contribution is 5.97. The van der Waals surface area contributed by atoms with Crippen LogP contribution >= 0.6 is 0 Å². The summed E-state index contributed by atoms with van der Waals surface area (Å²) in [5.41, 5.74) is 9.18. The van der Waals surface area contributed by atoms with Crippen molar-refractivity contribution in [3.8, 4) is 11.1 Å². The van der Waals surface area contributed by atoms with E-state index in [1.54, 1.807) is 30.5 Å². The number of pyridine rings is 1. The summed E-state index contributed by atoms with van der Waals surface area (Å²) in [5.74, 6) is -0.719. The number of rotatable bonds is 5. The Morgan fingerprint density at radius 2 is 1.58 bits per heavy atom. The van der Waals surface area contributed by atoms with E-state index in [1.807, 2.05) is 49.5 Å². The Kier molecular flexibility index (Phi) is 5.08. The minimum atomic E-state index is -0.515. The van der Waals surface area contributed by atoms with Gasteiger partial charge in [0.15, 0.2) is 0 Å². The lowest BCUT2D eigenvalue weighted by atomic mass is 10.0. The smallest absolute Gasteiger partial charge is 0.251 e. The molecule has 26 heavy (non-hydrogen) atoms. The number of aromatic nitrogens is 1. The van der Waals surface area contributed by atoms with Gasteiger partial charge in [0.2, 0.25) is 5.91 Å². The lowest BCUT2D eigenvalue weighted by Gasteiger charge is -2.15. The molecule has 2 aromatic carbocycles. The van der Waals surface area contributed by atoms with Crippen LogP contribution in [0.3, 0.4) is 0 Å². The first kappa shape index (κ1) is 17.4. The zero-order valence-corrected chi connectivity index (χ0v) is 14.3. The van der Waals surface area contributed by atoms with Gasteiger partial charge in [-0.15, -0.1) is 0 Å². The van der Waals surface area contributed by atoms with Gasteiger partial charge in [0.25, 0.3) is 5.91 Å². The van der Waals surface area contributed by atoms with Crippen molar-refractivity contribution < 1.29 is 9.59 Å². The Hall–Kier alpha value is -3.47. The van der Waals surface area contributed by atoms with Gasteiger partial charge >= 0.3 is 0 Å². The van der Waals surface area contributed by atoms with Crippen molar-refractivity contribution in [2.45, 2.75) is 13.0 Å². The molecular weight excluding hydrogens is 326 g/mol. The molecule has 0 aliphatic heterocycles. The first-order valence-electron chi connectivity index (χ1n) is 8.25. The summed E-state index contributed by atoms with van der Waals surface area (Å²) >= 11 is 0. The van der Waals surface area contributed by atoms with Crippen molar-refractivity contribution in [2.75, 3.05) is 0 Å². The first-order chi connectivity index (χ1) is 12.5. The van der Waals surface area contributed by atoms with Gasteiger partial charge in [-0.2, -0.15) is 0 Å². The number of benzene rings is 2. The van der Waals surface area contributed by atoms with Crippen LogP contribution in [0.4, 0.5) is 0 Å². The molecule has 5 nitrogen and oxygen atoms in total. The van der Waals surface area contributed by atoms with Crippen LogP contribution in [0.25, 0.3) is 11.1 Å². The van der Waals surface area contributed by atoms with Crippen LogP contribution in [0, 0.1) is 0 Å². The van der Waals surface area contributed by atoms with Gasteiger partial charge in [-0.05, 0) is 53.9 Å². The number of carbonyl (C=O) groups is 2. The molecular formula is C21H19N3O2. The summed E-state index contributed by atoms with van der Waals surface area (Å²) in [6.07, 6.45) is 3.56. The highest BCUT2D eigenvalue weighted by atomic mass is 16.2. The predicted octanol–water partition coefficient (Wildman–Crippen LogP) is 3.34. The largest absolute Gasteiger partial charge is 0.366 e. The van der Waals surface area contributed by atoms with E-state index in [1.165, 1.54) is 0 Å². The van der Waals surface area contributed by atoms with Crippen LogP contribution in [-0.4, -0.2) is 16.8 Å². The third-order valence-corrected chi connectivity index (χ3v) is 4.18. The SMILES string of the molecule is C[C@@H](NC(=O)c1ccc(C(N)=O)cc1)c1ccc(-c2cccnc2)cc1. The number of carbonyl (C=O) groups excluding carboxylic acids is 2. The summed E-state index contributed by atoms with van der Waals surface area (Å²) in [6, 6.07) is 18.0. The Bertz CT molecular complexity index is 904. The van der Waals surface area contributed by atoms with Crippen LogP contribution in [0.5, 0.6) is 0 Å². The molecule has 2 amide bonds.